The quantitative estimate of drug-likeness (QED) is 0.667. The Balaban J connectivity index is 1.99. The van der Waals surface area contributed by atoms with Gasteiger partial charge in [0.25, 0.3) is 0 Å². The molecule has 0 radical (unpaired) electrons. The Morgan fingerprint density at radius 3 is 2.57 bits per heavy atom. The molecule has 0 atom stereocenters. The van der Waals surface area contributed by atoms with Crippen molar-refractivity contribution in [3.05, 3.63) is 63.8 Å². The van der Waals surface area contributed by atoms with Crippen LogP contribution in [-0.2, 0) is 16.9 Å². The number of benzene rings is 2. The second kappa shape index (κ2) is 6.36. The highest BCUT2D eigenvalue weighted by atomic mass is 79.9. The molecule has 5 nitrogen and oxygen atoms in total. The molecule has 23 heavy (non-hydrogen) atoms. The highest BCUT2D eigenvalue weighted by molar-refractivity contribution is 9.10. The van der Waals surface area contributed by atoms with Crippen molar-refractivity contribution in [3.8, 4) is 6.07 Å². The summed E-state index contributed by atoms with van der Waals surface area (Å²) in [7, 11) is -2.50. The summed E-state index contributed by atoms with van der Waals surface area (Å²) >= 11 is 3.51. The van der Waals surface area contributed by atoms with Gasteiger partial charge in [0.15, 0.2) is 0 Å². The number of fused-ring (bicyclic) bond motifs is 1. The van der Waals surface area contributed by atoms with Crippen molar-refractivity contribution >= 4 is 43.1 Å². The van der Waals surface area contributed by atoms with Gasteiger partial charge in [-0.2, -0.15) is 13.7 Å². The SMILES string of the molecule is N#Cc1ccc(Cc2oc3cc(N=S(=O)=O)ccc3c2Br)cc1. The number of nitriles is 1. The third kappa shape index (κ3) is 3.33. The second-order valence-corrected chi connectivity index (χ2v) is 6.22. The van der Waals surface area contributed by atoms with Crippen LogP contribution in [-0.4, -0.2) is 8.42 Å². The lowest BCUT2D eigenvalue weighted by atomic mass is 10.1. The molecule has 0 saturated heterocycles. The zero-order valence-corrected chi connectivity index (χ0v) is 14.1. The summed E-state index contributed by atoms with van der Waals surface area (Å²) in [6, 6.07) is 14.3. The lowest BCUT2D eigenvalue weighted by Crippen LogP contribution is -1.86. The lowest BCUT2D eigenvalue weighted by molar-refractivity contribution is 0.560. The zero-order valence-electron chi connectivity index (χ0n) is 11.7. The van der Waals surface area contributed by atoms with E-state index < -0.39 is 10.5 Å². The highest BCUT2D eigenvalue weighted by Gasteiger charge is 2.13. The molecule has 0 aliphatic rings. The fourth-order valence-corrected chi connectivity index (χ4v) is 3.08. The molecule has 3 rings (SSSR count). The molecule has 2 aromatic carbocycles. The number of halogens is 1. The van der Waals surface area contributed by atoms with E-state index in [1.165, 1.54) is 0 Å². The first-order valence-corrected chi connectivity index (χ1v) is 8.40. The number of hydrogen-bond acceptors (Lipinski definition) is 5. The first-order valence-electron chi connectivity index (χ1n) is 6.58. The molecule has 0 aliphatic heterocycles. The molecule has 0 unspecified atom stereocenters. The first kappa shape index (κ1) is 15.5. The van der Waals surface area contributed by atoms with E-state index in [9.17, 15) is 8.42 Å². The van der Waals surface area contributed by atoms with E-state index in [-0.39, 0.29) is 0 Å². The van der Waals surface area contributed by atoms with Crippen LogP contribution in [0.3, 0.4) is 0 Å². The Kier molecular flexibility index (Phi) is 4.28. The average molecular weight is 389 g/mol. The molecular formula is C16H9BrN2O3S. The van der Waals surface area contributed by atoms with Gasteiger partial charge in [-0.3, -0.25) is 0 Å². The van der Waals surface area contributed by atoms with E-state index in [1.807, 2.05) is 12.1 Å². The summed E-state index contributed by atoms with van der Waals surface area (Å²) in [5.41, 5.74) is 2.49. The summed E-state index contributed by atoms with van der Waals surface area (Å²) < 4.78 is 31.4. The van der Waals surface area contributed by atoms with Crippen molar-refractivity contribution in [2.75, 3.05) is 0 Å². The molecule has 7 heteroatoms. The minimum atomic E-state index is -2.50. The molecule has 0 saturated carbocycles. The molecule has 0 amide bonds. The van der Waals surface area contributed by atoms with Crippen molar-refractivity contribution in [2.45, 2.75) is 6.42 Å². The Hall–Kier alpha value is -2.43. The van der Waals surface area contributed by atoms with Gasteiger partial charge in [-0.25, -0.2) is 0 Å². The predicted molar refractivity (Wildman–Crippen MR) is 88.9 cm³/mol. The molecule has 0 bridgehead atoms. The van der Waals surface area contributed by atoms with Crippen LogP contribution in [0.1, 0.15) is 16.9 Å². The third-order valence-corrected chi connectivity index (χ3v) is 4.54. The number of rotatable bonds is 3. The highest BCUT2D eigenvalue weighted by Crippen LogP contribution is 2.34. The zero-order chi connectivity index (χ0) is 16.4. The summed E-state index contributed by atoms with van der Waals surface area (Å²) in [5, 5.41) is 9.67. The molecule has 3 aromatic rings. The van der Waals surface area contributed by atoms with Crippen LogP contribution in [0.25, 0.3) is 11.0 Å². The van der Waals surface area contributed by atoms with Crippen molar-refractivity contribution in [1.82, 2.24) is 0 Å². The molecule has 0 fully saturated rings. The Bertz CT molecular complexity index is 1050. The van der Waals surface area contributed by atoms with Crippen LogP contribution in [0, 0.1) is 11.3 Å². The van der Waals surface area contributed by atoms with Gasteiger partial charge in [-0.1, -0.05) is 12.1 Å². The van der Waals surface area contributed by atoms with Gasteiger partial charge in [0.2, 0.25) is 0 Å². The van der Waals surface area contributed by atoms with Gasteiger partial charge in [-0.05, 0) is 45.8 Å². The Morgan fingerprint density at radius 2 is 1.91 bits per heavy atom. The molecule has 114 valence electrons. The van der Waals surface area contributed by atoms with Gasteiger partial charge >= 0.3 is 10.5 Å². The standard InChI is InChI=1S/C16H9BrN2O3S/c17-16-13-6-5-12(19-23(20)21)8-14(13)22-15(16)7-10-1-3-11(9-18)4-2-10/h1-6,8H,7H2. The minimum absolute atomic E-state index is 0.317. The molecule has 1 aromatic heterocycles. The molecule has 0 N–H and O–H groups in total. The fourth-order valence-electron chi connectivity index (χ4n) is 2.24. The maximum atomic E-state index is 10.6. The maximum Gasteiger partial charge on any atom is 0.316 e. The van der Waals surface area contributed by atoms with Gasteiger partial charge in [0.05, 0.1) is 21.8 Å². The van der Waals surface area contributed by atoms with E-state index in [0.29, 0.717) is 23.3 Å². The minimum Gasteiger partial charge on any atom is -0.459 e. The van der Waals surface area contributed by atoms with Crippen molar-refractivity contribution < 1.29 is 12.8 Å². The largest absolute Gasteiger partial charge is 0.459 e. The van der Waals surface area contributed by atoms with Crippen LogP contribution in [0.4, 0.5) is 5.69 Å². The van der Waals surface area contributed by atoms with E-state index in [1.54, 1.807) is 30.3 Å². The molecule has 0 aliphatic carbocycles. The fraction of sp³-hybridized carbons (Fsp3) is 0.0625. The number of hydrogen-bond donors (Lipinski definition) is 0. The second-order valence-electron chi connectivity index (χ2n) is 4.81. The lowest BCUT2D eigenvalue weighted by Gasteiger charge is -1.99. The average Bonchev–Trinajstić information content (AvgIpc) is 2.83. The van der Waals surface area contributed by atoms with Gasteiger partial charge in [-0.15, -0.1) is 4.36 Å². The van der Waals surface area contributed by atoms with Crippen LogP contribution < -0.4 is 0 Å². The van der Waals surface area contributed by atoms with Gasteiger partial charge < -0.3 is 4.42 Å². The summed E-state index contributed by atoms with van der Waals surface area (Å²) in [6.45, 7) is 0. The van der Waals surface area contributed by atoms with Crippen LogP contribution in [0.2, 0.25) is 0 Å². The van der Waals surface area contributed by atoms with E-state index in [2.05, 4.69) is 26.4 Å². The number of furan rings is 1. The Morgan fingerprint density at radius 1 is 1.17 bits per heavy atom. The summed E-state index contributed by atoms with van der Waals surface area (Å²) in [4.78, 5) is 0. The van der Waals surface area contributed by atoms with Gasteiger partial charge in [0.1, 0.15) is 11.3 Å². The molecular weight excluding hydrogens is 380 g/mol. The van der Waals surface area contributed by atoms with E-state index in [0.717, 1.165) is 21.2 Å². The third-order valence-electron chi connectivity index (χ3n) is 3.31. The van der Waals surface area contributed by atoms with Gasteiger partial charge in [0, 0.05) is 17.9 Å². The number of nitrogens with zero attached hydrogens (tertiary/aromatic N) is 2. The van der Waals surface area contributed by atoms with Crippen molar-refractivity contribution in [1.29, 1.82) is 5.26 Å². The predicted octanol–water partition coefficient (Wildman–Crippen LogP) is 4.35. The first-order chi connectivity index (χ1) is 11.1. The molecule has 0 spiro atoms. The van der Waals surface area contributed by atoms with Crippen molar-refractivity contribution in [3.63, 3.8) is 0 Å². The van der Waals surface area contributed by atoms with Crippen molar-refractivity contribution in [2.24, 2.45) is 4.36 Å². The summed E-state index contributed by atoms with van der Waals surface area (Å²) in [5.74, 6) is 0.727. The van der Waals surface area contributed by atoms with Crippen LogP contribution in [0.5, 0.6) is 0 Å². The smallest absolute Gasteiger partial charge is 0.316 e. The normalized spacial score (nSPS) is 10.4. The maximum absolute atomic E-state index is 10.6. The van der Waals surface area contributed by atoms with Crippen LogP contribution in [0.15, 0.2) is 55.7 Å². The van der Waals surface area contributed by atoms with E-state index >= 15 is 0 Å². The summed E-state index contributed by atoms with van der Waals surface area (Å²) in [6.07, 6.45) is 0.556. The molecule has 1 heterocycles. The Labute approximate surface area is 142 Å². The monoisotopic (exact) mass is 388 g/mol. The van der Waals surface area contributed by atoms with Crippen LogP contribution >= 0.6 is 15.9 Å². The topological polar surface area (TPSA) is 83.4 Å². The van der Waals surface area contributed by atoms with E-state index in [4.69, 9.17) is 9.68 Å².